The van der Waals surface area contributed by atoms with Gasteiger partial charge in [-0.05, 0) is 12.8 Å². The molecular formula is C6H9F3O. The van der Waals surface area contributed by atoms with E-state index in [1.54, 1.807) is 6.92 Å². The van der Waals surface area contributed by atoms with E-state index in [4.69, 9.17) is 5.11 Å². The minimum atomic E-state index is -4.20. The van der Waals surface area contributed by atoms with Crippen LogP contribution in [-0.2, 0) is 0 Å². The maximum absolute atomic E-state index is 11.8. The SMILES string of the molecule is CCC1(O)CC1C(F)(F)F. The van der Waals surface area contributed by atoms with Gasteiger partial charge in [-0.1, -0.05) is 6.92 Å². The molecule has 0 aliphatic heterocycles. The molecule has 0 amide bonds. The van der Waals surface area contributed by atoms with Crippen molar-refractivity contribution < 1.29 is 18.3 Å². The lowest BCUT2D eigenvalue weighted by atomic mass is 10.2. The Morgan fingerprint density at radius 2 is 2.10 bits per heavy atom. The Morgan fingerprint density at radius 3 is 2.20 bits per heavy atom. The van der Waals surface area contributed by atoms with E-state index in [1.165, 1.54) is 0 Å². The van der Waals surface area contributed by atoms with Gasteiger partial charge < -0.3 is 5.11 Å². The maximum atomic E-state index is 11.8. The van der Waals surface area contributed by atoms with Crippen LogP contribution in [0.15, 0.2) is 0 Å². The lowest BCUT2D eigenvalue weighted by Crippen LogP contribution is -2.21. The monoisotopic (exact) mass is 154 g/mol. The van der Waals surface area contributed by atoms with E-state index in [0.717, 1.165) is 0 Å². The van der Waals surface area contributed by atoms with Gasteiger partial charge in [0.1, 0.15) is 0 Å². The molecule has 0 bridgehead atoms. The molecule has 0 heterocycles. The second-order valence-electron chi connectivity index (χ2n) is 2.76. The van der Waals surface area contributed by atoms with Crippen molar-refractivity contribution in [3.63, 3.8) is 0 Å². The molecule has 2 atom stereocenters. The van der Waals surface area contributed by atoms with Crippen molar-refractivity contribution in [3.8, 4) is 0 Å². The number of halogens is 3. The fraction of sp³-hybridized carbons (Fsp3) is 1.00. The highest BCUT2D eigenvalue weighted by molar-refractivity contribution is 5.05. The predicted octanol–water partition coefficient (Wildman–Crippen LogP) is 1.71. The van der Waals surface area contributed by atoms with Gasteiger partial charge in [-0.15, -0.1) is 0 Å². The van der Waals surface area contributed by atoms with Crippen LogP contribution in [0.3, 0.4) is 0 Å². The van der Waals surface area contributed by atoms with Crippen LogP contribution in [-0.4, -0.2) is 16.9 Å². The molecule has 2 unspecified atom stereocenters. The fourth-order valence-electron chi connectivity index (χ4n) is 1.11. The molecule has 1 rings (SSSR count). The van der Waals surface area contributed by atoms with Gasteiger partial charge in [0.25, 0.3) is 0 Å². The molecule has 4 heteroatoms. The normalized spacial score (nSPS) is 39.9. The standard InChI is InChI=1S/C6H9F3O/c1-2-5(10)3-4(5)6(7,8)9/h4,10H,2-3H2,1H3. The molecule has 0 aromatic carbocycles. The molecule has 1 nitrogen and oxygen atoms in total. The quantitative estimate of drug-likeness (QED) is 0.609. The number of hydrogen-bond donors (Lipinski definition) is 1. The summed E-state index contributed by atoms with van der Waals surface area (Å²) in [6, 6.07) is 0. The molecular weight excluding hydrogens is 145 g/mol. The van der Waals surface area contributed by atoms with Crippen LogP contribution in [0.2, 0.25) is 0 Å². The van der Waals surface area contributed by atoms with E-state index >= 15 is 0 Å². The van der Waals surface area contributed by atoms with Gasteiger partial charge in [0.2, 0.25) is 0 Å². The Morgan fingerprint density at radius 1 is 1.60 bits per heavy atom. The highest BCUT2D eigenvalue weighted by Gasteiger charge is 2.65. The van der Waals surface area contributed by atoms with Gasteiger partial charge in [0, 0.05) is 0 Å². The van der Waals surface area contributed by atoms with Gasteiger partial charge in [0.15, 0.2) is 0 Å². The third kappa shape index (κ3) is 1.12. The van der Waals surface area contributed by atoms with Crippen LogP contribution in [0.1, 0.15) is 19.8 Å². The van der Waals surface area contributed by atoms with Gasteiger partial charge in [-0.3, -0.25) is 0 Å². The van der Waals surface area contributed by atoms with Crippen molar-refractivity contribution in [1.82, 2.24) is 0 Å². The van der Waals surface area contributed by atoms with Gasteiger partial charge in [-0.25, -0.2) is 0 Å². The third-order valence-corrected chi connectivity index (χ3v) is 2.05. The van der Waals surface area contributed by atoms with E-state index in [-0.39, 0.29) is 12.8 Å². The van der Waals surface area contributed by atoms with Crippen LogP contribution in [0.25, 0.3) is 0 Å². The minimum Gasteiger partial charge on any atom is -0.389 e. The highest BCUT2D eigenvalue weighted by Crippen LogP contribution is 2.54. The number of alkyl halides is 3. The molecule has 1 saturated carbocycles. The van der Waals surface area contributed by atoms with Gasteiger partial charge in [0.05, 0.1) is 11.5 Å². The van der Waals surface area contributed by atoms with Crippen molar-refractivity contribution in [1.29, 1.82) is 0 Å². The van der Waals surface area contributed by atoms with E-state index < -0.39 is 17.7 Å². The molecule has 0 radical (unpaired) electrons. The van der Waals surface area contributed by atoms with Crippen molar-refractivity contribution in [3.05, 3.63) is 0 Å². The van der Waals surface area contributed by atoms with E-state index in [9.17, 15) is 13.2 Å². The summed E-state index contributed by atoms with van der Waals surface area (Å²) in [4.78, 5) is 0. The summed E-state index contributed by atoms with van der Waals surface area (Å²) >= 11 is 0. The van der Waals surface area contributed by atoms with Crippen molar-refractivity contribution in [2.24, 2.45) is 5.92 Å². The zero-order valence-corrected chi connectivity index (χ0v) is 5.57. The summed E-state index contributed by atoms with van der Waals surface area (Å²) in [7, 11) is 0. The second-order valence-corrected chi connectivity index (χ2v) is 2.76. The first-order valence-corrected chi connectivity index (χ1v) is 3.19. The largest absolute Gasteiger partial charge is 0.394 e. The average molecular weight is 154 g/mol. The van der Waals surface area contributed by atoms with Crippen LogP contribution < -0.4 is 0 Å². The lowest BCUT2D eigenvalue weighted by Gasteiger charge is -2.08. The Labute approximate surface area is 56.8 Å². The Bertz CT molecular complexity index is 142. The predicted molar refractivity (Wildman–Crippen MR) is 29.4 cm³/mol. The molecule has 0 spiro atoms. The zero-order chi connectivity index (χ0) is 7.99. The lowest BCUT2D eigenvalue weighted by molar-refractivity contribution is -0.163. The summed E-state index contributed by atoms with van der Waals surface area (Å²) in [6.07, 6.45) is -4.13. The number of hydrogen-bond acceptors (Lipinski definition) is 1. The van der Waals surface area contributed by atoms with E-state index in [1.807, 2.05) is 0 Å². The molecule has 0 aromatic rings. The molecule has 1 aliphatic rings. The smallest absolute Gasteiger partial charge is 0.389 e. The molecule has 1 fully saturated rings. The summed E-state index contributed by atoms with van der Waals surface area (Å²) in [5.74, 6) is -1.47. The number of rotatable bonds is 1. The molecule has 1 N–H and O–H groups in total. The molecule has 0 saturated heterocycles. The molecule has 60 valence electrons. The zero-order valence-electron chi connectivity index (χ0n) is 5.57. The van der Waals surface area contributed by atoms with Gasteiger partial charge >= 0.3 is 6.18 Å². The van der Waals surface area contributed by atoms with Crippen molar-refractivity contribution in [2.45, 2.75) is 31.5 Å². The fourth-order valence-corrected chi connectivity index (χ4v) is 1.11. The Hall–Kier alpha value is -0.250. The average Bonchev–Trinajstić information content (AvgIpc) is 2.43. The van der Waals surface area contributed by atoms with Crippen LogP contribution in [0.5, 0.6) is 0 Å². The van der Waals surface area contributed by atoms with Crippen LogP contribution in [0, 0.1) is 5.92 Å². The topological polar surface area (TPSA) is 20.2 Å². The second kappa shape index (κ2) is 1.87. The van der Waals surface area contributed by atoms with Crippen LogP contribution in [0.4, 0.5) is 13.2 Å². The Kier molecular flexibility index (Phi) is 1.47. The van der Waals surface area contributed by atoms with Crippen molar-refractivity contribution in [2.75, 3.05) is 0 Å². The van der Waals surface area contributed by atoms with E-state index in [2.05, 4.69) is 0 Å². The summed E-state index contributed by atoms with van der Waals surface area (Å²) in [5.41, 5.74) is -1.43. The first-order chi connectivity index (χ1) is 4.40. The maximum Gasteiger partial charge on any atom is 0.394 e. The van der Waals surface area contributed by atoms with Gasteiger partial charge in [-0.2, -0.15) is 13.2 Å². The minimum absolute atomic E-state index is 0.118. The van der Waals surface area contributed by atoms with Crippen molar-refractivity contribution >= 4 is 0 Å². The molecule has 0 aromatic heterocycles. The third-order valence-electron chi connectivity index (χ3n) is 2.05. The summed E-state index contributed by atoms with van der Waals surface area (Å²) in [6.45, 7) is 1.56. The first kappa shape index (κ1) is 7.85. The summed E-state index contributed by atoms with van der Waals surface area (Å²) < 4.78 is 35.3. The summed E-state index contributed by atoms with van der Waals surface area (Å²) in [5, 5.41) is 9.01. The highest BCUT2D eigenvalue weighted by atomic mass is 19.4. The first-order valence-electron chi connectivity index (χ1n) is 3.19. The van der Waals surface area contributed by atoms with Crippen LogP contribution >= 0.6 is 0 Å². The molecule has 10 heavy (non-hydrogen) atoms. The van der Waals surface area contributed by atoms with E-state index in [0.29, 0.717) is 0 Å². The molecule has 1 aliphatic carbocycles. The number of aliphatic hydroxyl groups is 1. The Balaban J connectivity index is 2.52.